The third-order valence-electron chi connectivity index (χ3n) is 5.93. The largest absolute Gasteiger partial charge is 0.507 e. The van der Waals surface area contributed by atoms with Gasteiger partial charge in [0.05, 0.1) is 17.9 Å². The molecule has 0 bridgehead atoms. The standard InChI is InChI=1S/C24H28N4O4S/c1-13-10-16(19(29)11-14(13)2)17-12-18(28-27-17)22(30)26-24-21(23(31)25-8-9-32-3)15-6-4-5-7-20(15)33-24/h10-12,29H,4-9H2,1-3H3,(H,25,31)(H,26,30)(H,27,28). The van der Waals surface area contributed by atoms with Gasteiger partial charge in [0.2, 0.25) is 0 Å². The number of hydrogen-bond acceptors (Lipinski definition) is 6. The van der Waals surface area contributed by atoms with E-state index >= 15 is 0 Å². The average molecular weight is 469 g/mol. The summed E-state index contributed by atoms with van der Waals surface area (Å²) in [6, 6.07) is 5.13. The molecule has 8 nitrogen and oxygen atoms in total. The van der Waals surface area contributed by atoms with E-state index < -0.39 is 0 Å². The molecule has 0 radical (unpaired) electrons. The number of phenolic OH excluding ortho intramolecular Hbond substituents is 1. The van der Waals surface area contributed by atoms with Gasteiger partial charge in [-0.15, -0.1) is 11.3 Å². The Morgan fingerprint density at radius 3 is 2.70 bits per heavy atom. The maximum atomic E-state index is 13.0. The zero-order valence-electron chi connectivity index (χ0n) is 19.0. The van der Waals surface area contributed by atoms with E-state index in [9.17, 15) is 14.7 Å². The number of aromatic amines is 1. The molecule has 1 aliphatic rings. The number of rotatable bonds is 7. The molecule has 2 amide bonds. The molecule has 1 aromatic carbocycles. The van der Waals surface area contributed by atoms with Gasteiger partial charge in [0.15, 0.2) is 0 Å². The summed E-state index contributed by atoms with van der Waals surface area (Å²) in [5.74, 6) is -0.480. The number of carbonyl (C=O) groups is 2. The quantitative estimate of drug-likeness (QED) is 0.392. The number of benzene rings is 1. The number of phenols is 1. The second-order valence-corrected chi connectivity index (χ2v) is 9.34. The second-order valence-electron chi connectivity index (χ2n) is 8.24. The first-order chi connectivity index (χ1) is 15.9. The van der Waals surface area contributed by atoms with Crippen molar-refractivity contribution in [3.8, 4) is 17.0 Å². The molecule has 2 heterocycles. The van der Waals surface area contributed by atoms with E-state index in [0.29, 0.717) is 35.0 Å². The number of aromatic nitrogens is 2. The Morgan fingerprint density at radius 2 is 1.91 bits per heavy atom. The lowest BCUT2D eigenvalue weighted by atomic mass is 9.95. The molecule has 4 N–H and O–H groups in total. The third kappa shape index (κ3) is 4.79. The number of carbonyl (C=O) groups excluding carboxylic acids is 2. The summed E-state index contributed by atoms with van der Waals surface area (Å²) >= 11 is 1.46. The molecule has 0 spiro atoms. The van der Waals surface area contributed by atoms with E-state index in [-0.39, 0.29) is 23.3 Å². The Balaban J connectivity index is 1.59. The minimum atomic E-state index is -0.387. The maximum Gasteiger partial charge on any atom is 0.274 e. The number of ether oxygens (including phenoxy) is 1. The molecule has 0 fully saturated rings. The molecule has 3 aromatic rings. The average Bonchev–Trinajstić information content (AvgIpc) is 3.41. The van der Waals surface area contributed by atoms with Crippen LogP contribution in [0, 0.1) is 13.8 Å². The van der Waals surface area contributed by atoms with E-state index in [1.54, 1.807) is 19.2 Å². The zero-order chi connectivity index (χ0) is 23.5. The molecule has 0 unspecified atom stereocenters. The molecular formula is C24H28N4O4S. The Bertz CT molecular complexity index is 1200. The number of nitrogens with zero attached hydrogens (tertiary/aromatic N) is 1. The first kappa shape index (κ1) is 23.0. The van der Waals surface area contributed by atoms with Crippen molar-refractivity contribution in [2.24, 2.45) is 0 Å². The first-order valence-electron chi connectivity index (χ1n) is 11.0. The lowest BCUT2D eigenvalue weighted by Gasteiger charge is -2.13. The van der Waals surface area contributed by atoms with Crippen molar-refractivity contribution >= 4 is 28.2 Å². The summed E-state index contributed by atoms with van der Waals surface area (Å²) in [7, 11) is 1.58. The van der Waals surface area contributed by atoms with Crippen LogP contribution >= 0.6 is 11.3 Å². The van der Waals surface area contributed by atoms with Crippen LogP contribution in [-0.2, 0) is 17.6 Å². The minimum absolute atomic E-state index is 0.109. The fourth-order valence-electron chi connectivity index (χ4n) is 4.00. The number of thiophene rings is 1. The highest BCUT2D eigenvalue weighted by atomic mass is 32.1. The van der Waals surface area contributed by atoms with Crippen molar-refractivity contribution < 1.29 is 19.4 Å². The van der Waals surface area contributed by atoms with Gasteiger partial charge in [-0.1, -0.05) is 0 Å². The number of aromatic hydroxyl groups is 1. The first-order valence-corrected chi connectivity index (χ1v) is 11.8. The Hall–Kier alpha value is -3.17. The lowest BCUT2D eigenvalue weighted by Crippen LogP contribution is -2.28. The summed E-state index contributed by atoms with van der Waals surface area (Å²) in [5, 5.41) is 23.6. The van der Waals surface area contributed by atoms with Crippen molar-refractivity contribution in [1.82, 2.24) is 15.5 Å². The number of hydrogen-bond donors (Lipinski definition) is 4. The molecule has 0 aliphatic heterocycles. The monoisotopic (exact) mass is 468 g/mol. The van der Waals surface area contributed by atoms with Crippen LogP contribution in [0.3, 0.4) is 0 Å². The third-order valence-corrected chi connectivity index (χ3v) is 7.13. The van der Waals surface area contributed by atoms with Crippen LogP contribution in [0.4, 0.5) is 5.00 Å². The van der Waals surface area contributed by atoms with Crippen LogP contribution in [-0.4, -0.2) is 47.4 Å². The molecule has 0 saturated heterocycles. The predicted molar refractivity (Wildman–Crippen MR) is 128 cm³/mol. The Kier molecular flexibility index (Phi) is 6.80. The van der Waals surface area contributed by atoms with E-state index in [0.717, 1.165) is 47.3 Å². The fraction of sp³-hybridized carbons (Fsp3) is 0.375. The van der Waals surface area contributed by atoms with Crippen LogP contribution in [0.2, 0.25) is 0 Å². The van der Waals surface area contributed by atoms with Gasteiger partial charge in [0.1, 0.15) is 16.4 Å². The van der Waals surface area contributed by atoms with Gasteiger partial charge in [-0.25, -0.2) is 0 Å². The van der Waals surface area contributed by atoms with E-state index in [2.05, 4.69) is 20.8 Å². The molecule has 4 rings (SSSR count). The molecule has 2 aromatic heterocycles. The number of aryl methyl sites for hydroxylation is 3. The highest BCUT2D eigenvalue weighted by Gasteiger charge is 2.27. The van der Waals surface area contributed by atoms with Crippen molar-refractivity contribution in [1.29, 1.82) is 0 Å². The number of methoxy groups -OCH3 is 1. The summed E-state index contributed by atoms with van der Waals surface area (Å²) in [4.78, 5) is 27.1. The number of H-pyrrole nitrogens is 1. The summed E-state index contributed by atoms with van der Waals surface area (Å²) in [6.07, 6.45) is 3.84. The van der Waals surface area contributed by atoms with Gasteiger partial charge in [-0.2, -0.15) is 5.10 Å². The Morgan fingerprint density at radius 1 is 1.15 bits per heavy atom. The number of anilines is 1. The molecule has 9 heteroatoms. The summed E-state index contributed by atoms with van der Waals surface area (Å²) in [5.41, 5.74) is 4.85. The van der Waals surface area contributed by atoms with Crippen molar-refractivity contribution in [3.63, 3.8) is 0 Å². The highest BCUT2D eigenvalue weighted by Crippen LogP contribution is 2.38. The van der Waals surface area contributed by atoms with Gasteiger partial charge in [0, 0.05) is 24.1 Å². The lowest BCUT2D eigenvalue weighted by molar-refractivity contribution is 0.0937. The second kappa shape index (κ2) is 9.76. The molecule has 33 heavy (non-hydrogen) atoms. The molecule has 1 aliphatic carbocycles. The molecule has 174 valence electrons. The molecule has 0 atom stereocenters. The molecule has 0 saturated carbocycles. The van der Waals surface area contributed by atoms with Crippen molar-refractivity contribution in [3.05, 3.63) is 51.0 Å². The van der Waals surface area contributed by atoms with Gasteiger partial charge in [-0.05, 0) is 74.4 Å². The topological polar surface area (TPSA) is 116 Å². The van der Waals surface area contributed by atoms with Crippen molar-refractivity contribution in [2.75, 3.05) is 25.6 Å². The van der Waals surface area contributed by atoms with Gasteiger partial charge in [-0.3, -0.25) is 14.7 Å². The highest BCUT2D eigenvalue weighted by molar-refractivity contribution is 7.17. The Labute approximate surface area is 196 Å². The summed E-state index contributed by atoms with van der Waals surface area (Å²) < 4.78 is 5.03. The van der Waals surface area contributed by atoms with Gasteiger partial charge < -0.3 is 20.5 Å². The van der Waals surface area contributed by atoms with Gasteiger partial charge in [0.25, 0.3) is 11.8 Å². The maximum absolute atomic E-state index is 13.0. The minimum Gasteiger partial charge on any atom is -0.507 e. The van der Waals surface area contributed by atoms with E-state index in [1.165, 1.54) is 11.3 Å². The van der Waals surface area contributed by atoms with Gasteiger partial charge >= 0.3 is 0 Å². The van der Waals surface area contributed by atoms with Crippen LogP contribution in [0.15, 0.2) is 18.2 Å². The van der Waals surface area contributed by atoms with E-state index in [1.807, 2.05) is 19.9 Å². The fourth-order valence-corrected chi connectivity index (χ4v) is 5.28. The van der Waals surface area contributed by atoms with Crippen LogP contribution in [0.5, 0.6) is 5.75 Å². The van der Waals surface area contributed by atoms with E-state index in [4.69, 9.17) is 4.74 Å². The summed E-state index contributed by atoms with van der Waals surface area (Å²) in [6.45, 7) is 4.70. The molecular weight excluding hydrogens is 440 g/mol. The van der Waals surface area contributed by atoms with Crippen LogP contribution < -0.4 is 10.6 Å². The van der Waals surface area contributed by atoms with Crippen molar-refractivity contribution in [2.45, 2.75) is 39.5 Å². The predicted octanol–water partition coefficient (Wildman–Crippen LogP) is 3.97. The number of fused-ring (bicyclic) bond motifs is 1. The van der Waals surface area contributed by atoms with Crippen LogP contribution in [0.1, 0.15) is 55.3 Å². The number of nitrogens with one attached hydrogen (secondary N) is 3. The normalized spacial score (nSPS) is 12.9. The smallest absolute Gasteiger partial charge is 0.274 e. The van der Waals surface area contributed by atoms with Crippen LogP contribution in [0.25, 0.3) is 11.3 Å². The zero-order valence-corrected chi connectivity index (χ0v) is 19.8. The SMILES string of the molecule is COCCNC(=O)c1c(NC(=O)c2cc(-c3cc(C)c(C)cc3O)n[nH]2)sc2c1CCCC2. The number of amides is 2.